The Bertz CT molecular complexity index is 422. The van der Waals surface area contributed by atoms with E-state index in [4.69, 9.17) is 0 Å². The summed E-state index contributed by atoms with van der Waals surface area (Å²) in [4.78, 5) is 4.62. The van der Waals surface area contributed by atoms with E-state index in [1.807, 2.05) is 30.3 Å². The Hall–Kier alpha value is -0.820. The van der Waals surface area contributed by atoms with Crippen molar-refractivity contribution in [1.29, 1.82) is 0 Å². The number of hydrogen-bond donors (Lipinski definition) is 3. The van der Waals surface area contributed by atoms with Crippen LogP contribution in [-0.2, 0) is 6.42 Å². The predicted octanol–water partition coefficient (Wildman–Crippen LogP) is 3.20. The summed E-state index contributed by atoms with van der Waals surface area (Å²) < 4.78 is 0. The minimum absolute atomic E-state index is 0. The average molecular weight is 433 g/mol. The van der Waals surface area contributed by atoms with Crippen molar-refractivity contribution in [3.8, 4) is 0 Å². The van der Waals surface area contributed by atoms with Crippen molar-refractivity contribution >= 4 is 29.9 Å². The Morgan fingerprint density at radius 3 is 2.30 bits per heavy atom. The van der Waals surface area contributed by atoms with E-state index in [-0.39, 0.29) is 24.0 Å². The van der Waals surface area contributed by atoms with Crippen LogP contribution < -0.4 is 10.6 Å². The lowest BCUT2D eigenvalue weighted by Gasteiger charge is -2.16. The van der Waals surface area contributed by atoms with Gasteiger partial charge in [0.25, 0.3) is 0 Å². The van der Waals surface area contributed by atoms with Gasteiger partial charge < -0.3 is 15.7 Å². The number of aliphatic hydroxyl groups is 1. The third-order valence-electron chi connectivity index (χ3n) is 3.83. The Balaban J connectivity index is 0.00000484. The number of aliphatic hydroxyl groups excluding tert-OH is 1. The van der Waals surface area contributed by atoms with Gasteiger partial charge in [0.2, 0.25) is 0 Å². The van der Waals surface area contributed by atoms with Crippen molar-refractivity contribution in [2.24, 2.45) is 10.9 Å². The molecular formula is C18H32IN3O. The fourth-order valence-electron chi connectivity index (χ4n) is 2.28. The Kier molecular flexibility index (Phi) is 13.1. The van der Waals surface area contributed by atoms with E-state index in [9.17, 15) is 5.11 Å². The van der Waals surface area contributed by atoms with Gasteiger partial charge in [-0.1, -0.05) is 57.0 Å². The quantitative estimate of drug-likeness (QED) is 0.319. The standard InChI is InChI=1S/C18H31N3O.HI/c1-4-15(5-2)13-20-18(19-6-3)21-14-17(22)12-16-10-8-7-9-11-16;/h7-11,15,17,22H,4-6,12-14H2,1-3H3,(H2,19,20,21);1H. The highest BCUT2D eigenvalue weighted by Gasteiger charge is 2.08. The maximum atomic E-state index is 10.1. The van der Waals surface area contributed by atoms with E-state index in [0.717, 1.165) is 37.5 Å². The number of nitrogens with zero attached hydrogens (tertiary/aromatic N) is 1. The zero-order valence-corrected chi connectivity index (χ0v) is 16.9. The molecule has 1 atom stereocenters. The maximum Gasteiger partial charge on any atom is 0.191 e. The topological polar surface area (TPSA) is 56.7 Å². The molecule has 23 heavy (non-hydrogen) atoms. The number of nitrogens with one attached hydrogen (secondary N) is 2. The Labute approximate surface area is 158 Å². The van der Waals surface area contributed by atoms with Crippen LogP contribution in [0.25, 0.3) is 0 Å². The van der Waals surface area contributed by atoms with Gasteiger partial charge in [0, 0.05) is 26.1 Å². The molecular weight excluding hydrogens is 401 g/mol. The van der Waals surface area contributed by atoms with Gasteiger partial charge in [-0.15, -0.1) is 24.0 Å². The number of aliphatic imine (C=N–C) groups is 1. The normalized spacial score (nSPS) is 12.7. The zero-order chi connectivity index (χ0) is 16.2. The van der Waals surface area contributed by atoms with Crippen LogP contribution in [0.5, 0.6) is 0 Å². The van der Waals surface area contributed by atoms with Crippen LogP contribution in [-0.4, -0.2) is 36.8 Å². The summed E-state index contributed by atoms with van der Waals surface area (Å²) in [5, 5.41) is 16.6. The van der Waals surface area contributed by atoms with Crippen molar-refractivity contribution in [1.82, 2.24) is 10.6 Å². The van der Waals surface area contributed by atoms with Gasteiger partial charge in [0.05, 0.1) is 6.10 Å². The van der Waals surface area contributed by atoms with Gasteiger partial charge in [0.1, 0.15) is 0 Å². The van der Waals surface area contributed by atoms with Crippen LogP contribution in [0.4, 0.5) is 0 Å². The van der Waals surface area contributed by atoms with Crippen molar-refractivity contribution < 1.29 is 5.11 Å². The molecule has 0 amide bonds. The van der Waals surface area contributed by atoms with Crippen LogP contribution in [0.1, 0.15) is 39.2 Å². The molecule has 0 aliphatic carbocycles. The van der Waals surface area contributed by atoms with Crippen molar-refractivity contribution in [3.63, 3.8) is 0 Å². The molecule has 4 nitrogen and oxygen atoms in total. The second kappa shape index (κ2) is 13.6. The number of hydrogen-bond acceptors (Lipinski definition) is 2. The van der Waals surface area contributed by atoms with E-state index in [0.29, 0.717) is 18.9 Å². The predicted molar refractivity (Wildman–Crippen MR) is 110 cm³/mol. The van der Waals surface area contributed by atoms with E-state index >= 15 is 0 Å². The molecule has 1 aromatic carbocycles. The molecule has 0 bridgehead atoms. The third kappa shape index (κ3) is 9.81. The van der Waals surface area contributed by atoms with Crippen LogP contribution in [0, 0.1) is 5.92 Å². The van der Waals surface area contributed by atoms with Crippen molar-refractivity contribution in [2.45, 2.75) is 46.1 Å². The lowest BCUT2D eigenvalue weighted by Crippen LogP contribution is -2.42. The summed E-state index contributed by atoms with van der Waals surface area (Å²) in [5.41, 5.74) is 1.15. The van der Waals surface area contributed by atoms with Crippen LogP contribution in [0.2, 0.25) is 0 Å². The number of benzene rings is 1. The second-order valence-corrected chi connectivity index (χ2v) is 5.63. The molecule has 0 saturated carbocycles. The number of rotatable bonds is 9. The largest absolute Gasteiger partial charge is 0.391 e. The fourth-order valence-corrected chi connectivity index (χ4v) is 2.28. The highest BCUT2D eigenvalue weighted by atomic mass is 127. The van der Waals surface area contributed by atoms with E-state index in [1.54, 1.807) is 0 Å². The van der Waals surface area contributed by atoms with E-state index in [2.05, 4.69) is 36.4 Å². The molecule has 0 aliphatic heterocycles. The van der Waals surface area contributed by atoms with Gasteiger partial charge >= 0.3 is 0 Å². The molecule has 132 valence electrons. The molecule has 1 aromatic rings. The minimum atomic E-state index is -0.417. The lowest BCUT2D eigenvalue weighted by atomic mass is 10.0. The van der Waals surface area contributed by atoms with Gasteiger partial charge in [0.15, 0.2) is 5.96 Å². The van der Waals surface area contributed by atoms with E-state index in [1.165, 1.54) is 0 Å². The molecule has 3 N–H and O–H groups in total. The van der Waals surface area contributed by atoms with Crippen LogP contribution in [0.3, 0.4) is 0 Å². The minimum Gasteiger partial charge on any atom is -0.391 e. The van der Waals surface area contributed by atoms with Gasteiger partial charge in [-0.3, -0.25) is 4.99 Å². The maximum absolute atomic E-state index is 10.1. The highest BCUT2D eigenvalue weighted by molar-refractivity contribution is 14.0. The molecule has 0 radical (unpaired) electrons. The smallest absolute Gasteiger partial charge is 0.191 e. The third-order valence-corrected chi connectivity index (χ3v) is 3.83. The fraction of sp³-hybridized carbons (Fsp3) is 0.611. The first kappa shape index (κ1) is 22.2. The van der Waals surface area contributed by atoms with Gasteiger partial charge in [-0.25, -0.2) is 0 Å². The van der Waals surface area contributed by atoms with Crippen molar-refractivity contribution in [2.75, 3.05) is 19.6 Å². The molecule has 0 aromatic heterocycles. The highest BCUT2D eigenvalue weighted by Crippen LogP contribution is 2.07. The number of guanidine groups is 1. The first-order chi connectivity index (χ1) is 10.7. The summed E-state index contributed by atoms with van der Waals surface area (Å²) >= 11 is 0. The molecule has 5 heteroatoms. The molecule has 0 aliphatic rings. The number of halogens is 1. The second-order valence-electron chi connectivity index (χ2n) is 5.63. The first-order valence-corrected chi connectivity index (χ1v) is 8.43. The summed E-state index contributed by atoms with van der Waals surface area (Å²) in [7, 11) is 0. The first-order valence-electron chi connectivity index (χ1n) is 8.43. The van der Waals surface area contributed by atoms with Crippen LogP contribution >= 0.6 is 24.0 Å². The van der Waals surface area contributed by atoms with Crippen LogP contribution in [0.15, 0.2) is 35.3 Å². The molecule has 1 unspecified atom stereocenters. The summed E-state index contributed by atoms with van der Waals surface area (Å²) in [6, 6.07) is 10.1. The summed E-state index contributed by atoms with van der Waals surface area (Å²) in [6.45, 7) is 8.61. The Morgan fingerprint density at radius 2 is 1.74 bits per heavy atom. The Morgan fingerprint density at radius 1 is 1.09 bits per heavy atom. The molecule has 0 fully saturated rings. The monoisotopic (exact) mass is 433 g/mol. The average Bonchev–Trinajstić information content (AvgIpc) is 2.54. The summed E-state index contributed by atoms with van der Waals surface area (Å²) in [5.74, 6) is 1.42. The molecule has 0 spiro atoms. The van der Waals surface area contributed by atoms with Gasteiger partial charge in [-0.05, 0) is 18.4 Å². The molecule has 0 heterocycles. The molecule has 0 saturated heterocycles. The molecule has 1 rings (SSSR count). The zero-order valence-electron chi connectivity index (χ0n) is 14.6. The van der Waals surface area contributed by atoms with Gasteiger partial charge in [-0.2, -0.15) is 0 Å². The van der Waals surface area contributed by atoms with Crippen molar-refractivity contribution in [3.05, 3.63) is 35.9 Å². The summed E-state index contributed by atoms with van der Waals surface area (Å²) in [6.07, 6.45) is 2.53. The van der Waals surface area contributed by atoms with E-state index < -0.39 is 6.10 Å². The SMILES string of the molecule is CCNC(=NCC(CC)CC)NCC(O)Cc1ccccc1.I. The lowest BCUT2D eigenvalue weighted by molar-refractivity contribution is 0.177.